The molecule has 0 saturated carbocycles. The van der Waals surface area contributed by atoms with Crippen LogP contribution in [0, 0.1) is 0 Å². The summed E-state index contributed by atoms with van der Waals surface area (Å²) in [5.41, 5.74) is 1.07. The molecule has 0 aliphatic carbocycles. The van der Waals surface area contributed by atoms with E-state index in [2.05, 4.69) is 15.9 Å². The fraction of sp³-hybridized carbons (Fsp3) is 0.625. The Bertz CT molecular complexity index is 489. The maximum absolute atomic E-state index is 6.59. The van der Waals surface area contributed by atoms with Crippen LogP contribution < -0.4 is 9.47 Å². The van der Waals surface area contributed by atoms with Gasteiger partial charge in [-0.2, -0.15) is 0 Å². The van der Waals surface area contributed by atoms with Gasteiger partial charge >= 0.3 is 0 Å². The first kappa shape index (κ1) is 15.4. The second kappa shape index (κ2) is 7.21. The molecule has 2 aliphatic heterocycles. The number of benzene rings is 1. The predicted octanol–water partition coefficient (Wildman–Crippen LogP) is 4.85. The zero-order valence-electron chi connectivity index (χ0n) is 11.9. The van der Waals surface area contributed by atoms with Crippen molar-refractivity contribution in [3.05, 3.63) is 22.2 Å². The molecular formula is C16H20BrClO3. The number of fused-ring (bicyclic) bond motifs is 1. The summed E-state index contributed by atoms with van der Waals surface area (Å²) in [5, 5.41) is -0.0410. The van der Waals surface area contributed by atoms with Gasteiger partial charge in [0.15, 0.2) is 11.5 Å². The van der Waals surface area contributed by atoms with Crippen molar-refractivity contribution in [2.45, 2.75) is 43.6 Å². The number of rotatable bonds is 4. The average Bonchev–Trinajstić information content (AvgIpc) is 2.89. The first-order chi connectivity index (χ1) is 10.2. The summed E-state index contributed by atoms with van der Waals surface area (Å²) in [4.78, 5) is 0. The second-order valence-electron chi connectivity index (χ2n) is 5.55. The van der Waals surface area contributed by atoms with Gasteiger partial charge in [0, 0.05) is 17.5 Å². The van der Waals surface area contributed by atoms with Crippen molar-refractivity contribution < 1.29 is 14.2 Å². The molecular weight excluding hydrogens is 356 g/mol. The Morgan fingerprint density at radius 1 is 1.14 bits per heavy atom. The van der Waals surface area contributed by atoms with E-state index >= 15 is 0 Å². The zero-order valence-corrected chi connectivity index (χ0v) is 14.3. The lowest BCUT2D eigenvalue weighted by Gasteiger charge is -2.17. The number of hydrogen-bond acceptors (Lipinski definition) is 3. The molecule has 3 rings (SSSR count). The van der Waals surface area contributed by atoms with Crippen LogP contribution in [-0.4, -0.2) is 25.9 Å². The Morgan fingerprint density at radius 3 is 2.62 bits per heavy atom. The molecule has 2 heterocycles. The summed E-state index contributed by atoms with van der Waals surface area (Å²) < 4.78 is 18.1. The molecule has 1 aromatic carbocycles. The van der Waals surface area contributed by atoms with E-state index in [0.717, 1.165) is 53.8 Å². The highest BCUT2D eigenvalue weighted by molar-refractivity contribution is 9.10. The summed E-state index contributed by atoms with van der Waals surface area (Å²) in [7, 11) is 0. The normalized spacial score (nSPS) is 22.9. The van der Waals surface area contributed by atoms with E-state index in [4.69, 9.17) is 25.8 Å². The quantitative estimate of drug-likeness (QED) is 0.704. The molecule has 0 radical (unpaired) electrons. The Labute approximate surface area is 139 Å². The van der Waals surface area contributed by atoms with Crippen LogP contribution in [-0.2, 0) is 4.74 Å². The van der Waals surface area contributed by atoms with Gasteiger partial charge in [0.1, 0.15) is 0 Å². The predicted molar refractivity (Wildman–Crippen MR) is 86.6 cm³/mol. The van der Waals surface area contributed by atoms with Crippen molar-refractivity contribution in [1.82, 2.24) is 0 Å². The molecule has 0 spiro atoms. The van der Waals surface area contributed by atoms with Crippen molar-refractivity contribution >= 4 is 27.5 Å². The molecule has 21 heavy (non-hydrogen) atoms. The molecule has 2 aliphatic rings. The number of hydrogen-bond donors (Lipinski definition) is 0. The SMILES string of the molecule is ClC(CCC1CCCO1)c1cc2c(cc1Br)OCCCO2. The molecule has 116 valence electrons. The molecule has 1 saturated heterocycles. The van der Waals surface area contributed by atoms with Crippen LogP contribution in [0.5, 0.6) is 11.5 Å². The maximum Gasteiger partial charge on any atom is 0.162 e. The molecule has 1 fully saturated rings. The molecule has 0 N–H and O–H groups in total. The van der Waals surface area contributed by atoms with Gasteiger partial charge in [-0.3, -0.25) is 0 Å². The van der Waals surface area contributed by atoms with Crippen LogP contribution in [0.15, 0.2) is 16.6 Å². The van der Waals surface area contributed by atoms with Gasteiger partial charge in [-0.25, -0.2) is 0 Å². The van der Waals surface area contributed by atoms with Crippen molar-refractivity contribution in [1.29, 1.82) is 0 Å². The first-order valence-corrected chi connectivity index (χ1v) is 8.81. The molecule has 0 bridgehead atoms. The maximum atomic E-state index is 6.59. The smallest absolute Gasteiger partial charge is 0.162 e. The summed E-state index contributed by atoms with van der Waals surface area (Å²) in [5.74, 6) is 1.60. The molecule has 1 aromatic rings. The average molecular weight is 376 g/mol. The van der Waals surface area contributed by atoms with Gasteiger partial charge in [0.05, 0.1) is 24.7 Å². The third-order valence-corrected chi connectivity index (χ3v) is 5.11. The fourth-order valence-electron chi connectivity index (χ4n) is 2.80. The third kappa shape index (κ3) is 3.85. The summed E-state index contributed by atoms with van der Waals surface area (Å²) >= 11 is 10.2. The Morgan fingerprint density at radius 2 is 1.90 bits per heavy atom. The largest absolute Gasteiger partial charge is 0.490 e. The number of alkyl halides is 1. The van der Waals surface area contributed by atoms with Gasteiger partial charge in [-0.15, -0.1) is 11.6 Å². The van der Waals surface area contributed by atoms with Gasteiger partial charge < -0.3 is 14.2 Å². The number of halogens is 2. The molecule has 0 amide bonds. The van der Waals surface area contributed by atoms with Crippen molar-refractivity contribution in [3.8, 4) is 11.5 Å². The van der Waals surface area contributed by atoms with Crippen LogP contribution in [0.2, 0.25) is 0 Å². The monoisotopic (exact) mass is 374 g/mol. The second-order valence-corrected chi connectivity index (χ2v) is 6.93. The highest BCUT2D eigenvalue weighted by atomic mass is 79.9. The summed E-state index contributed by atoms with van der Waals surface area (Å²) in [6, 6.07) is 3.98. The van der Waals surface area contributed by atoms with Gasteiger partial charge in [-0.05, 0) is 43.4 Å². The van der Waals surface area contributed by atoms with Crippen molar-refractivity contribution in [3.63, 3.8) is 0 Å². The molecule has 0 aromatic heterocycles. The lowest BCUT2D eigenvalue weighted by atomic mass is 10.0. The van der Waals surface area contributed by atoms with E-state index in [1.54, 1.807) is 0 Å². The van der Waals surface area contributed by atoms with E-state index in [1.807, 2.05) is 12.1 Å². The first-order valence-electron chi connectivity index (χ1n) is 7.59. The Hall–Kier alpha value is -0.450. The lowest BCUT2D eigenvalue weighted by Crippen LogP contribution is -2.06. The topological polar surface area (TPSA) is 27.7 Å². The van der Waals surface area contributed by atoms with E-state index < -0.39 is 0 Å². The lowest BCUT2D eigenvalue weighted by molar-refractivity contribution is 0.102. The fourth-order valence-corrected chi connectivity index (χ4v) is 3.84. The van der Waals surface area contributed by atoms with Crippen LogP contribution in [0.25, 0.3) is 0 Å². The van der Waals surface area contributed by atoms with Crippen molar-refractivity contribution in [2.24, 2.45) is 0 Å². The van der Waals surface area contributed by atoms with Crippen LogP contribution >= 0.6 is 27.5 Å². The minimum Gasteiger partial charge on any atom is -0.490 e. The van der Waals surface area contributed by atoms with Gasteiger partial charge in [0.25, 0.3) is 0 Å². The summed E-state index contributed by atoms with van der Waals surface area (Å²) in [6.07, 6.45) is 5.53. The van der Waals surface area contributed by atoms with E-state index in [0.29, 0.717) is 19.3 Å². The van der Waals surface area contributed by atoms with Crippen molar-refractivity contribution in [2.75, 3.05) is 19.8 Å². The van der Waals surface area contributed by atoms with Gasteiger partial charge in [0.2, 0.25) is 0 Å². The highest BCUT2D eigenvalue weighted by Gasteiger charge is 2.21. The van der Waals surface area contributed by atoms with E-state index in [9.17, 15) is 0 Å². The molecule has 5 heteroatoms. The van der Waals surface area contributed by atoms with Crippen LogP contribution in [0.3, 0.4) is 0 Å². The molecule has 2 atom stereocenters. The highest BCUT2D eigenvalue weighted by Crippen LogP contribution is 2.41. The van der Waals surface area contributed by atoms with Crippen LogP contribution in [0.1, 0.15) is 43.0 Å². The summed E-state index contributed by atoms with van der Waals surface area (Å²) in [6.45, 7) is 2.28. The van der Waals surface area contributed by atoms with Gasteiger partial charge in [-0.1, -0.05) is 15.9 Å². The van der Waals surface area contributed by atoms with Crippen LogP contribution in [0.4, 0.5) is 0 Å². The van der Waals surface area contributed by atoms with E-state index in [1.165, 1.54) is 6.42 Å². The number of ether oxygens (including phenoxy) is 3. The standard InChI is InChI=1S/C16H20BrClO3/c17-13-10-16-15(20-7-2-8-21-16)9-12(13)14(18)5-4-11-3-1-6-19-11/h9-11,14H,1-8H2. The molecule has 3 nitrogen and oxygen atoms in total. The molecule has 2 unspecified atom stereocenters. The Balaban J connectivity index is 1.69. The minimum absolute atomic E-state index is 0.0410. The minimum atomic E-state index is -0.0410. The zero-order chi connectivity index (χ0) is 14.7. The van der Waals surface area contributed by atoms with E-state index in [-0.39, 0.29) is 5.38 Å². The Kier molecular flexibility index (Phi) is 5.30. The third-order valence-electron chi connectivity index (χ3n) is 3.97.